The lowest BCUT2D eigenvalue weighted by molar-refractivity contribution is -0.106. The fraction of sp³-hybridized carbons (Fsp3) is 0.575. The number of aliphatic hydroxyl groups is 2. The number of aryl methyl sites for hydroxylation is 2. The van der Waals surface area contributed by atoms with Gasteiger partial charge in [-0.15, -0.1) is 0 Å². The Bertz CT molecular complexity index is 3460. The van der Waals surface area contributed by atoms with Gasteiger partial charge in [0.25, 0.3) is 11.8 Å². The number of rotatable bonds is 6. The molecule has 19 heteroatoms. The first-order chi connectivity index (χ1) is 43.6. The third kappa shape index (κ3) is 14.2. The Kier molecular flexibility index (Phi) is 20.2. The van der Waals surface area contributed by atoms with Crippen molar-refractivity contribution in [3.8, 4) is 11.5 Å². The Labute approximate surface area is 556 Å². The number of halogens is 2. The predicted octanol–water partition coefficient (Wildman–Crippen LogP) is 12.4. The molecular formula is C73H96Cl2N4O11S2. The van der Waals surface area contributed by atoms with Crippen LogP contribution in [0.2, 0.25) is 10.0 Å². The normalized spacial score (nSPS) is 34.2. The van der Waals surface area contributed by atoms with Gasteiger partial charge >= 0.3 is 0 Å². The fourth-order valence-electron chi connectivity index (χ4n) is 15.8. The second-order valence-corrected chi connectivity index (χ2v) is 34.2. The number of ether oxygens (including phenoxy) is 4. The van der Waals surface area contributed by atoms with Gasteiger partial charge in [0.2, 0.25) is 10.0 Å². The van der Waals surface area contributed by atoms with Crippen LogP contribution >= 0.6 is 23.2 Å². The molecule has 2 amide bonds. The number of hydrogen-bond donors (Lipinski definition) is 4. The van der Waals surface area contributed by atoms with Gasteiger partial charge < -0.3 is 39.0 Å². The van der Waals surface area contributed by atoms with E-state index in [1.54, 1.807) is 31.2 Å². The van der Waals surface area contributed by atoms with Crippen LogP contribution in [0.25, 0.3) is 0 Å². The van der Waals surface area contributed by atoms with E-state index in [2.05, 4.69) is 49.4 Å². The van der Waals surface area contributed by atoms with Gasteiger partial charge in [-0.05, 0) is 243 Å². The van der Waals surface area contributed by atoms with Crippen LogP contribution in [0, 0.1) is 35.5 Å². The molecule has 12 rings (SSSR count). The van der Waals surface area contributed by atoms with Crippen LogP contribution in [0.5, 0.6) is 11.5 Å². The Morgan fingerprint density at radius 2 is 1.05 bits per heavy atom. The molecule has 15 nitrogen and oxygen atoms in total. The molecule has 92 heavy (non-hydrogen) atoms. The number of allylic oxidation sites excluding steroid dienone is 2. The molecule has 2 spiro atoms. The van der Waals surface area contributed by atoms with Crippen molar-refractivity contribution < 1.29 is 51.4 Å². The number of carbonyl (C=O) groups excluding carboxylic acids is 2. The van der Waals surface area contributed by atoms with Crippen LogP contribution in [0.3, 0.4) is 0 Å². The lowest BCUT2D eigenvalue weighted by atomic mass is 9.64. The monoisotopic (exact) mass is 1340 g/mol. The minimum atomic E-state index is -3.97. The van der Waals surface area contributed by atoms with Gasteiger partial charge in [-0.3, -0.25) is 14.3 Å². The van der Waals surface area contributed by atoms with E-state index in [1.807, 2.05) is 97.0 Å². The summed E-state index contributed by atoms with van der Waals surface area (Å²) < 4.78 is 70.9. The Morgan fingerprint density at radius 1 is 0.620 bits per heavy atom. The molecule has 4 bridgehead atoms. The zero-order valence-corrected chi connectivity index (χ0v) is 58.0. The molecule has 4 aromatic carbocycles. The van der Waals surface area contributed by atoms with Gasteiger partial charge in [-0.1, -0.05) is 73.5 Å². The van der Waals surface area contributed by atoms with Gasteiger partial charge in [0, 0.05) is 63.4 Å². The second kappa shape index (κ2) is 27.2. The van der Waals surface area contributed by atoms with Crippen LogP contribution < -0.4 is 28.7 Å². The molecule has 13 atom stereocenters. The second-order valence-electron chi connectivity index (χ2n) is 28.9. The molecule has 4 aliphatic heterocycles. The predicted molar refractivity (Wildman–Crippen MR) is 369 cm³/mol. The minimum absolute atomic E-state index is 0.00713. The number of fused-ring (bicyclic) bond motifs is 8. The van der Waals surface area contributed by atoms with Crippen LogP contribution in [-0.4, -0.2) is 127 Å². The maximum Gasteiger partial charge on any atom is 0.264 e. The van der Waals surface area contributed by atoms with Crippen molar-refractivity contribution in [2.45, 2.75) is 177 Å². The third-order valence-corrected chi connectivity index (χ3v) is 26.5. The quantitative estimate of drug-likeness (QED) is 0.105. The van der Waals surface area contributed by atoms with Gasteiger partial charge in [0.1, 0.15) is 22.7 Å². The number of benzene rings is 4. The van der Waals surface area contributed by atoms with Gasteiger partial charge in [0.15, 0.2) is 0 Å². The number of nitrogens with zero attached hydrogens (tertiary/aromatic N) is 2. The average Bonchev–Trinajstić information content (AvgIpc) is 1.55. The molecule has 4 N–H and O–H groups in total. The summed E-state index contributed by atoms with van der Waals surface area (Å²) in [6.07, 6.45) is 18.2. The molecule has 0 radical (unpaired) electrons. The molecule has 8 aliphatic rings. The summed E-state index contributed by atoms with van der Waals surface area (Å²) in [5.41, 5.74) is 4.43. The fourth-order valence-corrected chi connectivity index (χ4v) is 18.9. The zero-order valence-electron chi connectivity index (χ0n) is 54.9. The maximum atomic E-state index is 13.8. The van der Waals surface area contributed by atoms with E-state index < -0.39 is 48.0 Å². The highest BCUT2D eigenvalue weighted by Gasteiger charge is 2.51. The topological polar surface area (TPSA) is 193 Å². The molecule has 500 valence electrons. The molecule has 0 aromatic heterocycles. The van der Waals surface area contributed by atoms with Crippen LogP contribution in [0.15, 0.2) is 97.1 Å². The van der Waals surface area contributed by atoms with Crippen molar-refractivity contribution in [1.82, 2.24) is 9.44 Å². The van der Waals surface area contributed by atoms with Crippen molar-refractivity contribution in [3.05, 3.63) is 141 Å². The summed E-state index contributed by atoms with van der Waals surface area (Å²) in [4.78, 5) is 31.8. The lowest BCUT2D eigenvalue weighted by Crippen LogP contribution is -2.54. The van der Waals surface area contributed by atoms with E-state index in [4.69, 9.17) is 42.1 Å². The molecule has 4 aliphatic carbocycles. The van der Waals surface area contributed by atoms with Crippen LogP contribution in [0.1, 0.15) is 163 Å². The van der Waals surface area contributed by atoms with Gasteiger partial charge in [0.05, 0.1) is 65.0 Å². The third-order valence-electron chi connectivity index (χ3n) is 21.9. The maximum absolute atomic E-state index is 13.8. The van der Waals surface area contributed by atoms with Crippen LogP contribution in [-0.2, 0) is 52.9 Å². The van der Waals surface area contributed by atoms with E-state index in [-0.39, 0.29) is 82.6 Å². The molecule has 4 heterocycles. The zero-order chi connectivity index (χ0) is 65.7. The average molecular weight is 1340 g/mol. The van der Waals surface area contributed by atoms with Crippen molar-refractivity contribution in [3.63, 3.8) is 0 Å². The number of nitrogens with one attached hydrogen (secondary N) is 2. The first kappa shape index (κ1) is 68.3. The molecule has 2 fully saturated rings. The van der Waals surface area contributed by atoms with Crippen molar-refractivity contribution >= 4 is 72.0 Å². The first-order valence-electron chi connectivity index (χ1n) is 33.5. The summed E-state index contributed by atoms with van der Waals surface area (Å²) in [5.74, 6) is 4.33. The molecule has 0 saturated heterocycles. The first-order valence-corrected chi connectivity index (χ1v) is 37.6. The Morgan fingerprint density at radius 3 is 1.48 bits per heavy atom. The highest BCUT2D eigenvalue weighted by molar-refractivity contribution is 7.99. The number of amides is 2. The largest absolute Gasteiger partial charge is 0.490 e. The molecule has 4 aromatic rings. The highest BCUT2D eigenvalue weighted by Crippen LogP contribution is 2.51. The Balaban J connectivity index is 0.000000188. The van der Waals surface area contributed by atoms with Crippen molar-refractivity contribution in [2.75, 3.05) is 62.4 Å². The van der Waals surface area contributed by atoms with E-state index in [1.165, 1.54) is 22.3 Å². The molecular weight excluding hydrogens is 1240 g/mol. The van der Waals surface area contributed by atoms with Crippen molar-refractivity contribution in [1.29, 1.82) is 0 Å². The van der Waals surface area contributed by atoms with E-state index in [0.29, 0.717) is 63.5 Å². The summed E-state index contributed by atoms with van der Waals surface area (Å²) >= 11 is 12.9. The molecule has 2 saturated carbocycles. The number of carbonyl (C=O) groups is 2. The Hall–Kier alpha value is -5.11. The SMILES string of the molecule is C=S1(=O)NC(=O)c2ccc3c(c2)N(C[C@@H]2CC[C@H]2[C@@](O)(COC(C)C)/C=C/C[C@H](C)[C@H]1C)C[C@@]1(CCCc2cc(Cl)ccc21)CO3.CC(C)OC[C@]1(O)/C=C/C[C@H](C)[C@@H](C)S(=O)(=O)NC(=O)c2ccc3c(c2)N(C[C@@H]2CC[C@H]21)C[C@@]1(CCCc2cc(Cl)ccc21)CO3. The van der Waals surface area contributed by atoms with E-state index >= 15 is 0 Å². The highest BCUT2D eigenvalue weighted by atomic mass is 35.5. The summed E-state index contributed by atoms with van der Waals surface area (Å²) in [6.45, 7) is 19.4. The lowest BCUT2D eigenvalue weighted by Gasteiger charge is -2.49. The number of hydrogen-bond acceptors (Lipinski definition) is 13. The standard InChI is InChI=1S/C37H49ClN2O5S.C36H47ClN2O6S/c1-24(2)44-23-37(42)17-6-8-25(3)26(4)46(5,43)39-35(41)28-11-15-34-33(19-28)40(20-29-10-13-32(29)37)21-36(22-45-34)16-7-9-27-18-30(38)12-14-31(27)36;1-23(2)44-22-36(41)16-5-7-24(3)25(4)46(42,43)38-34(40)27-10-14-33-32(18-27)39(19-28-9-12-31(28)36)20-35(21-45-33)15-6-8-26-17-29(37)11-13-30(26)35/h6,11-12,14-15,17-19,24-26,29,32,42H,5,7-10,13,16,20-23H2,1-4H3,(H,39,41,43);5,10-11,13-14,16-18,23-25,28,31,41H,6-9,12,15,19-22H2,1-4H3,(H,38,40)/b17-6+;16-5+/t25-,26+,29-,32+,36-,37-,46?;24-,25+,28-,31+,35-,36+/m00/s1. The van der Waals surface area contributed by atoms with Crippen LogP contribution in [0.4, 0.5) is 11.4 Å². The summed E-state index contributed by atoms with van der Waals surface area (Å²) in [5, 5.41) is 24.7. The van der Waals surface area contributed by atoms with E-state index in [9.17, 15) is 32.4 Å². The summed E-state index contributed by atoms with van der Waals surface area (Å²) in [7, 11) is -6.94. The van der Waals surface area contributed by atoms with Crippen molar-refractivity contribution in [2.24, 2.45) is 35.5 Å². The summed E-state index contributed by atoms with van der Waals surface area (Å²) in [6, 6.07) is 23.1. The van der Waals surface area contributed by atoms with Gasteiger partial charge in [-0.25, -0.2) is 17.3 Å². The number of sulfonamides is 1. The minimum Gasteiger partial charge on any atom is -0.490 e. The smallest absolute Gasteiger partial charge is 0.264 e. The van der Waals surface area contributed by atoms with E-state index in [0.717, 1.165) is 91.4 Å². The molecule has 1 unspecified atom stereocenters. The van der Waals surface area contributed by atoms with Gasteiger partial charge in [-0.2, -0.15) is 0 Å². The number of anilines is 2.